The second-order valence-corrected chi connectivity index (χ2v) is 5.71. The second-order valence-electron chi connectivity index (χ2n) is 4.38. The average Bonchev–Trinajstić information content (AvgIpc) is 2.51. The number of nitrogens with zero attached hydrogens (tertiary/aromatic N) is 1. The van der Waals surface area contributed by atoms with Crippen molar-refractivity contribution in [1.29, 1.82) is 0 Å². The fourth-order valence-corrected chi connectivity index (χ4v) is 2.32. The zero-order valence-corrected chi connectivity index (χ0v) is 13.8. The highest BCUT2D eigenvalue weighted by molar-refractivity contribution is 9.10. The molecule has 2 aromatic rings. The number of hydrogen-bond acceptors (Lipinski definition) is 3. The number of benzene rings is 1. The standard InChI is InChI=1S/C15H13BrClN3O2/c16-11-7-10(8-18-9-11)14(21)19-5-6-20-15(22)12-3-1-2-4-13(12)17/h1-4,7-9H,5-6H2,(H,19,21)(H,20,22). The average molecular weight is 383 g/mol. The molecule has 114 valence electrons. The number of halogens is 2. The SMILES string of the molecule is O=C(NCCNC(=O)c1ccccc1Cl)c1cncc(Br)c1. The summed E-state index contributed by atoms with van der Waals surface area (Å²) < 4.78 is 0.729. The largest absolute Gasteiger partial charge is 0.350 e. The quantitative estimate of drug-likeness (QED) is 0.781. The van der Waals surface area contributed by atoms with Crippen LogP contribution in [0.3, 0.4) is 0 Å². The summed E-state index contributed by atoms with van der Waals surface area (Å²) in [5.74, 6) is -0.523. The maximum atomic E-state index is 11.9. The van der Waals surface area contributed by atoms with Gasteiger partial charge in [0.15, 0.2) is 0 Å². The number of carbonyl (C=O) groups excluding carboxylic acids is 2. The molecule has 2 rings (SSSR count). The van der Waals surface area contributed by atoms with Gasteiger partial charge in [-0.1, -0.05) is 23.7 Å². The molecule has 2 amide bonds. The number of rotatable bonds is 5. The Kier molecular flexibility index (Phi) is 5.91. The highest BCUT2D eigenvalue weighted by atomic mass is 79.9. The van der Waals surface area contributed by atoms with Gasteiger partial charge in [0.25, 0.3) is 11.8 Å². The van der Waals surface area contributed by atoms with Crippen molar-refractivity contribution in [2.24, 2.45) is 0 Å². The first-order chi connectivity index (χ1) is 10.6. The molecular weight excluding hydrogens is 370 g/mol. The van der Waals surface area contributed by atoms with Gasteiger partial charge in [-0.3, -0.25) is 14.6 Å². The maximum Gasteiger partial charge on any atom is 0.252 e. The molecule has 0 aliphatic heterocycles. The van der Waals surface area contributed by atoms with Crippen LogP contribution in [0.1, 0.15) is 20.7 Å². The van der Waals surface area contributed by atoms with Crippen molar-refractivity contribution in [2.75, 3.05) is 13.1 Å². The lowest BCUT2D eigenvalue weighted by Crippen LogP contribution is -2.34. The Balaban J connectivity index is 1.79. The Bertz CT molecular complexity index is 694. The van der Waals surface area contributed by atoms with E-state index < -0.39 is 0 Å². The van der Waals surface area contributed by atoms with Crippen LogP contribution in [-0.4, -0.2) is 29.9 Å². The molecule has 22 heavy (non-hydrogen) atoms. The molecule has 0 bridgehead atoms. The van der Waals surface area contributed by atoms with Crippen LogP contribution in [-0.2, 0) is 0 Å². The van der Waals surface area contributed by atoms with Crippen LogP contribution in [0.5, 0.6) is 0 Å². The lowest BCUT2D eigenvalue weighted by Gasteiger charge is -2.08. The molecule has 0 aliphatic carbocycles. The lowest BCUT2D eigenvalue weighted by atomic mass is 10.2. The van der Waals surface area contributed by atoms with Crippen molar-refractivity contribution in [2.45, 2.75) is 0 Å². The minimum absolute atomic E-state index is 0.249. The fourth-order valence-electron chi connectivity index (χ4n) is 1.73. The molecule has 2 N–H and O–H groups in total. The Morgan fingerprint density at radius 1 is 1.09 bits per heavy atom. The zero-order valence-electron chi connectivity index (χ0n) is 11.5. The summed E-state index contributed by atoms with van der Waals surface area (Å²) in [7, 11) is 0. The van der Waals surface area contributed by atoms with Gasteiger partial charge in [0.05, 0.1) is 16.1 Å². The topological polar surface area (TPSA) is 71.1 Å². The predicted molar refractivity (Wildman–Crippen MR) is 88.1 cm³/mol. The number of aromatic nitrogens is 1. The summed E-state index contributed by atoms with van der Waals surface area (Å²) in [6, 6.07) is 8.46. The number of hydrogen-bond donors (Lipinski definition) is 2. The minimum atomic E-state index is -0.274. The second kappa shape index (κ2) is 7.91. The molecule has 0 unspecified atom stereocenters. The molecular formula is C15H13BrClN3O2. The first kappa shape index (κ1) is 16.5. The highest BCUT2D eigenvalue weighted by Gasteiger charge is 2.09. The van der Waals surface area contributed by atoms with E-state index in [0.717, 1.165) is 4.47 Å². The van der Waals surface area contributed by atoms with Crippen LogP contribution in [0, 0.1) is 0 Å². The summed E-state index contributed by atoms with van der Waals surface area (Å²) in [5.41, 5.74) is 0.860. The molecule has 7 heteroatoms. The smallest absolute Gasteiger partial charge is 0.252 e. The Labute approximate surface area is 141 Å². The number of pyridine rings is 1. The van der Waals surface area contributed by atoms with Crippen LogP contribution in [0.25, 0.3) is 0 Å². The Hall–Kier alpha value is -1.92. The van der Waals surface area contributed by atoms with Gasteiger partial charge in [-0.15, -0.1) is 0 Å². The molecule has 0 fully saturated rings. The summed E-state index contributed by atoms with van der Waals surface area (Å²) >= 11 is 9.19. The van der Waals surface area contributed by atoms with Crippen molar-refractivity contribution in [1.82, 2.24) is 15.6 Å². The van der Waals surface area contributed by atoms with E-state index in [1.54, 1.807) is 36.5 Å². The molecule has 0 spiro atoms. The molecule has 0 saturated heterocycles. The van der Waals surface area contributed by atoms with E-state index in [2.05, 4.69) is 31.5 Å². The van der Waals surface area contributed by atoms with Crippen LogP contribution in [0.15, 0.2) is 47.2 Å². The predicted octanol–water partition coefficient (Wildman–Crippen LogP) is 2.66. The molecule has 0 atom stereocenters. The summed E-state index contributed by atoms with van der Waals surface area (Å²) in [6.07, 6.45) is 3.07. The third kappa shape index (κ3) is 4.54. The van der Waals surface area contributed by atoms with Crippen LogP contribution >= 0.6 is 27.5 Å². The number of nitrogens with one attached hydrogen (secondary N) is 2. The molecule has 0 saturated carbocycles. The van der Waals surface area contributed by atoms with Crippen LogP contribution in [0.2, 0.25) is 5.02 Å². The third-order valence-electron chi connectivity index (χ3n) is 2.78. The molecule has 0 aliphatic rings. The van der Waals surface area contributed by atoms with Gasteiger partial charge in [0, 0.05) is 30.0 Å². The minimum Gasteiger partial charge on any atom is -0.350 e. The number of carbonyl (C=O) groups is 2. The van der Waals surface area contributed by atoms with E-state index >= 15 is 0 Å². The third-order valence-corrected chi connectivity index (χ3v) is 3.54. The van der Waals surface area contributed by atoms with Gasteiger partial charge in [0.2, 0.25) is 0 Å². The van der Waals surface area contributed by atoms with E-state index in [4.69, 9.17) is 11.6 Å². The summed E-state index contributed by atoms with van der Waals surface area (Å²) in [5, 5.41) is 5.79. The monoisotopic (exact) mass is 381 g/mol. The molecule has 1 aromatic heterocycles. The molecule has 0 radical (unpaired) electrons. The number of amides is 2. The van der Waals surface area contributed by atoms with Crippen molar-refractivity contribution in [3.63, 3.8) is 0 Å². The van der Waals surface area contributed by atoms with Gasteiger partial charge < -0.3 is 10.6 Å². The molecule has 1 aromatic carbocycles. The van der Waals surface area contributed by atoms with Gasteiger partial charge >= 0.3 is 0 Å². The Morgan fingerprint density at radius 2 is 1.77 bits per heavy atom. The first-order valence-corrected chi connectivity index (χ1v) is 7.66. The van der Waals surface area contributed by atoms with E-state index in [9.17, 15) is 9.59 Å². The van der Waals surface area contributed by atoms with E-state index in [-0.39, 0.29) is 11.8 Å². The fraction of sp³-hybridized carbons (Fsp3) is 0.133. The Morgan fingerprint density at radius 3 is 2.45 bits per heavy atom. The van der Waals surface area contributed by atoms with E-state index in [0.29, 0.717) is 29.2 Å². The van der Waals surface area contributed by atoms with Gasteiger partial charge in [-0.2, -0.15) is 0 Å². The summed E-state index contributed by atoms with van der Waals surface area (Å²) in [6.45, 7) is 0.610. The van der Waals surface area contributed by atoms with Gasteiger partial charge in [-0.05, 0) is 34.1 Å². The first-order valence-electron chi connectivity index (χ1n) is 6.49. The van der Waals surface area contributed by atoms with Crippen molar-refractivity contribution in [3.8, 4) is 0 Å². The zero-order chi connectivity index (χ0) is 15.9. The van der Waals surface area contributed by atoms with Gasteiger partial charge in [-0.25, -0.2) is 0 Å². The van der Waals surface area contributed by atoms with E-state index in [1.807, 2.05) is 0 Å². The highest BCUT2D eigenvalue weighted by Crippen LogP contribution is 2.14. The van der Waals surface area contributed by atoms with E-state index in [1.165, 1.54) is 6.20 Å². The maximum absolute atomic E-state index is 11.9. The van der Waals surface area contributed by atoms with Gasteiger partial charge in [0.1, 0.15) is 0 Å². The normalized spacial score (nSPS) is 10.1. The summed E-state index contributed by atoms with van der Waals surface area (Å²) in [4.78, 5) is 27.7. The van der Waals surface area contributed by atoms with Crippen LogP contribution < -0.4 is 10.6 Å². The lowest BCUT2D eigenvalue weighted by molar-refractivity contribution is 0.0927. The molecule has 5 nitrogen and oxygen atoms in total. The van der Waals surface area contributed by atoms with Crippen molar-refractivity contribution in [3.05, 3.63) is 63.3 Å². The van der Waals surface area contributed by atoms with Crippen molar-refractivity contribution >= 4 is 39.3 Å². The molecule has 1 heterocycles. The van der Waals surface area contributed by atoms with Crippen LogP contribution in [0.4, 0.5) is 0 Å². The van der Waals surface area contributed by atoms with Crippen molar-refractivity contribution < 1.29 is 9.59 Å².